The number of hydrazine groups is 1. The number of nitrogens with zero attached hydrogens (tertiary/aromatic N) is 3. The van der Waals surface area contributed by atoms with E-state index in [0.29, 0.717) is 12.1 Å². The van der Waals surface area contributed by atoms with Gasteiger partial charge in [-0.15, -0.1) is 5.10 Å². The maximum atomic E-state index is 13.0. The summed E-state index contributed by atoms with van der Waals surface area (Å²) < 4.78 is 78.8. The van der Waals surface area contributed by atoms with E-state index < -0.39 is 52.7 Å². The predicted molar refractivity (Wildman–Crippen MR) is 99.9 cm³/mol. The highest BCUT2D eigenvalue weighted by Crippen LogP contribution is 2.38. The third-order valence-corrected chi connectivity index (χ3v) is 4.06. The Balaban J connectivity index is 2.17. The zero-order valence-electron chi connectivity index (χ0n) is 16.6. The fraction of sp³-hybridized carbons (Fsp3) is 0.333. The van der Waals surface area contributed by atoms with Crippen LogP contribution in [-0.2, 0) is 21.9 Å². The van der Waals surface area contributed by atoms with Crippen LogP contribution in [0, 0.1) is 5.92 Å². The van der Waals surface area contributed by atoms with Gasteiger partial charge in [-0.3, -0.25) is 20.4 Å². The molecule has 2 aromatic rings. The van der Waals surface area contributed by atoms with Crippen LogP contribution < -0.4 is 16.6 Å². The first kappa shape index (κ1) is 24.8. The van der Waals surface area contributed by atoms with Crippen molar-refractivity contribution >= 4 is 18.0 Å². The molecule has 0 aliphatic carbocycles. The Labute approximate surface area is 177 Å². The molecule has 0 saturated heterocycles. The second-order valence-corrected chi connectivity index (χ2v) is 6.91. The lowest BCUT2D eigenvalue weighted by Gasteiger charge is -2.14. The summed E-state index contributed by atoms with van der Waals surface area (Å²) in [6.07, 6.45) is -7.14. The van der Waals surface area contributed by atoms with Crippen LogP contribution in [0.1, 0.15) is 25.0 Å². The Bertz CT molecular complexity index is 980. The highest BCUT2D eigenvalue weighted by Gasteiger charge is 2.37. The lowest BCUT2D eigenvalue weighted by atomic mass is 10.0. The number of rotatable bonds is 5. The lowest BCUT2D eigenvalue weighted by molar-refractivity contribution is -0.143. The number of hydrogen-bond acceptors (Lipinski definition) is 5. The van der Waals surface area contributed by atoms with E-state index in [1.54, 1.807) is 13.8 Å². The first-order valence-electron chi connectivity index (χ1n) is 8.93. The van der Waals surface area contributed by atoms with Gasteiger partial charge in [0.1, 0.15) is 6.33 Å². The number of nitrogens with one attached hydrogen (secondary N) is 2. The van der Waals surface area contributed by atoms with Crippen LogP contribution in [0.5, 0.6) is 0 Å². The molecule has 0 spiro atoms. The van der Waals surface area contributed by atoms with Crippen LogP contribution in [0.15, 0.2) is 30.6 Å². The van der Waals surface area contributed by atoms with E-state index in [4.69, 9.17) is 5.73 Å². The number of benzene rings is 1. The summed E-state index contributed by atoms with van der Waals surface area (Å²) in [4.78, 5) is 27.1. The molecule has 0 fully saturated rings. The second-order valence-electron chi connectivity index (χ2n) is 6.91. The Morgan fingerprint density at radius 2 is 1.59 bits per heavy atom. The largest absolute Gasteiger partial charge is 0.416 e. The molecule has 1 aromatic carbocycles. The molecule has 0 aliphatic heterocycles. The van der Waals surface area contributed by atoms with Gasteiger partial charge in [-0.1, -0.05) is 13.8 Å². The van der Waals surface area contributed by atoms with E-state index in [2.05, 4.69) is 20.9 Å². The van der Waals surface area contributed by atoms with Crippen molar-refractivity contribution in [1.82, 2.24) is 25.6 Å². The number of alkyl halides is 6. The highest BCUT2D eigenvalue weighted by atomic mass is 19.4. The monoisotopic (exact) mass is 464 g/mol. The van der Waals surface area contributed by atoms with E-state index in [9.17, 15) is 35.9 Å². The Hall–Kier alpha value is -3.42. The summed E-state index contributed by atoms with van der Waals surface area (Å²) >= 11 is 0. The van der Waals surface area contributed by atoms with Crippen LogP contribution in [0.2, 0.25) is 0 Å². The molecule has 0 aliphatic rings. The summed E-state index contributed by atoms with van der Waals surface area (Å²) in [7, 11) is 0. The second kappa shape index (κ2) is 9.38. The molecule has 174 valence electrons. The molecule has 2 rings (SSSR count). The van der Waals surface area contributed by atoms with Crippen molar-refractivity contribution in [2.75, 3.05) is 0 Å². The Morgan fingerprint density at radius 3 is 2.09 bits per heavy atom. The Kier molecular flexibility index (Phi) is 7.28. The van der Waals surface area contributed by atoms with E-state index in [1.165, 1.54) is 0 Å². The third-order valence-electron chi connectivity index (χ3n) is 4.06. The lowest BCUT2D eigenvalue weighted by Crippen LogP contribution is -2.50. The summed E-state index contributed by atoms with van der Waals surface area (Å²) in [6, 6.07) is 0.105. The first-order valence-corrected chi connectivity index (χ1v) is 8.93. The molecular weight excluding hydrogens is 446 g/mol. The molecule has 0 bridgehead atoms. The van der Waals surface area contributed by atoms with Crippen LogP contribution >= 0.6 is 0 Å². The fourth-order valence-corrected chi connectivity index (χ4v) is 2.26. The number of carbonyl (C=O) groups is 2. The van der Waals surface area contributed by atoms with E-state index in [0.717, 1.165) is 23.3 Å². The minimum Gasteiger partial charge on any atom is -0.320 e. The quantitative estimate of drug-likeness (QED) is 0.358. The van der Waals surface area contributed by atoms with E-state index >= 15 is 0 Å². The van der Waals surface area contributed by atoms with Gasteiger partial charge in [-0.05, 0) is 24.1 Å². The van der Waals surface area contributed by atoms with E-state index in [-0.39, 0.29) is 12.0 Å². The van der Waals surface area contributed by atoms with Crippen LogP contribution in [0.4, 0.5) is 26.3 Å². The average molecular weight is 464 g/mol. The zero-order chi connectivity index (χ0) is 24.3. The highest BCUT2D eigenvalue weighted by molar-refractivity contribution is 5.92. The maximum Gasteiger partial charge on any atom is 0.416 e. The summed E-state index contributed by atoms with van der Waals surface area (Å²) in [5.41, 5.74) is 6.22. The van der Waals surface area contributed by atoms with Crippen molar-refractivity contribution in [3.63, 3.8) is 0 Å². The smallest absolute Gasteiger partial charge is 0.320 e. The van der Waals surface area contributed by atoms with Gasteiger partial charge in [0.15, 0.2) is 5.82 Å². The van der Waals surface area contributed by atoms with Crippen molar-refractivity contribution in [2.24, 2.45) is 11.7 Å². The number of hydrogen-bond donors (Lipinski definition) is 3. The predicted octanol–water partition coefficient (Wildman–Crippen LogP) is 2.58. The fourth-order valence-electron chi connectivity index (χ4n) is 2.26. The maximum absolute atomic E-state index is 13.0. The van der Waals surface area contributed by atoms with Gasteiger partial charge < -0.3 is 5.73 Å². The average Bonchev–Trinajstić information content (AvgIpc) is 3.17. The molecule has 1 atom stereocenters. The SMILES string of the molecule is CC(C)[C@@H](N)C(=O)NNC(=O)C=Cn1cnc(-c2cc(C(F)(F)F)cc(C(F)(F)F)c2)n1. The topological polar surface area (TPSA) is 115 Å². The van der Waals surface area contributed by atoms with Crippen molar-refractivity contribution in [2.45, 2.75) is 32.2 Å². The molecule has 32 heavy (non-hydrogen) atoms. The molecule has 0 radical (unpaired) electrons. The molecule has 8 nitrogen and oxygen atoms in total. The van der Waals surface area contributed by atoms with Gasteiger partial charge in [0.25, 0.3) is 11.8 Å². The molecule has 14 heteroatoms. The number of halogens is 6. The molecule has 0 unspecified atom stereocenters. The number of aromatic nitrogens is 3. The molecule has 0 saturated carbocycles. The van der Waals surface area contributed by atoms with Gasteiger partial charge in [0, 0.05) is 17.8 Å². The molecule has 1 aromatic heterocycles. The normalized spacial score (nSPS) is 13.4. The number of carbonyl (C=O) groups excluding carboxylic acids is 2. The molecule has 1 heterocycles. The van der Waals surface area contributed by atoms with Crippen LogP contribution in [0.3, 0.4) is 0 Å². The Morgan fingerprint density at radius 1 is 1.03 bits per heavy atom. The summed E-state index contributed by atoms with van der Waals surface area (Å²) in [5.74, 6) is -2.04. The molecular formula is C18H18F6N6O2. The first-order chi connectivity index (χ1) is 14.7. The van der Waals surface area contributed by atoms with Crippen molar-refractivity contribution in [3.05, 3.63) is 41.7 Å². The van der Waals surface area contributed by atoms with Gasteiger partial charge in [-0.25, -0.2) is 9.67 Å². The van der Waals surface area contributed by atoms with Crippen LogP contribution in [-0.4, -0.2) is 32.6 Å². The molecule has 2 amide bonds. The van der Waals surface area contributed by atoms with Crippen LogP contribution in [0.25, 0.3) is 17.6 Å². The zero-order valence-corrected chi connectivity index (χ0v) is 16.6. The minimum absolute atomic E-state index is 0.00971. The minimum atomic E-state index is -5.01. The summed E-state index contributed by atoms with van der Waals surface area (Å²) in [6.45, 7) is 3.41. The van der Waals surface area contributed by atoms with Gasteiger partial charge in [-0.2, -0.15) is 26.3 Å². The van der Waals surface area contributed by atoms with Gasteiger partial charge in [0.05, 0.1) is 17.2 Å². The van der Waals surface area contributed by atoms with E-state index in [1.807, 2.05) is 0 Å². The number of nitrogens with two attached hydrogens (primary N) is 1. The standard InChI is InChI=1S/C18H18F6N6O2/c1-9(2)14(25)16(32)28-27-13(31)3-4-30-8-26-15(29-30)10-5-11(17(19,20)21)7-12(6-10)18(22,23)24/h3-9,14H,25H2,1-2H3,(H,27,31)(H,28,32)/t14-/m1/s1. The third kappa shape index (κ3) is 6.54. The van der Waals surface area contributed by atoms with Gasteiger partial charge in [0.2, 0.25) is 0 Å². The van der Waals surface area contributed by atoms with Crippen molar-refractivity contribution in [3.8, 4) is 11.4 Å². The summed E-state index contributed by atoms with van der Waals surface area (Å²) in [5, 5.41) is 3.74. The molecule has 4 N–H and O–H groups in total. The number of amides is 2. The van der Waals surface area contributed by atoms with Crippen molar-refractivity contribution < 1.29 is 35.9 Å². The van der Waals surface area contributed by atoms with Crippen molar-refractivity contribution in [1.29, 1.82) is 0 Å². The van der Waals surface area contributed by atoms with Gasteiger partial charge >= 0.3 is 12.4 Å².